The van der Waals surface area contributed by atoms with Crippen molar-refractivity contribution in [2.24, 2.45) is 5.92 Å². The molecule has 2 fully saturated rings. The lowest BCUT2D eigenvalue weighted by Gasteiger charge is -2.37. The summed E-state index contributed by atoms with van der Waals surface area (Å²) in [6.07, 6.45) is -9.05. The van der Waals surface area contributed by atoms with Gasteiger partial charge in [-0.3, -0.25) is 0 Å². The van der Waals surface area contributed by atoms with Gasteiger partial charge in [-0.05, 0) is 18.8 Å². The molecule has 1 saturated heterocycles. The fourth-order valence-electron chi connectivity index (χ4n) is 3.61. The number of alkyl halides is 9. The van der Waals surface area contributed by atoms with Crippen LogP contribution in [0.4, 0.5) is 39.5 Å². The van der Waals surface area contributed by atoms with Crippen molar-refractivity contribution in [1.82, 2.24) is 0 Å². The van der Waals surface area contributed by atoms with Gasteiger partial charge in [-0.25, -0.2) is 8.42 Å². The van der Waals surface area contributed by atoms with Crippen molar-refractivity contribution in [3.8, 4) is 6.07 Å². The van der Waals surface area contributed by atoms with Gasteiger partial charge in [-0.2, -0.15) is 44.8 Å². The van der Waals surface area contributed by atoms with Crippen LogP contribution < -0.4 is 0 Å². The Labute approximate surface area is 171 Å². The first-order valence-electron chi connectivity index (χ1n) is 9.02. The fraction of sp³-hybridized carbons (Fsp3) is 0.938. The van der Waals surface area contributed by atoms with Gasteiger partial charge in [-0.1, -0.05) is 0 Å². The molecule has 0 aromatic heterocycles. The van der Waals surface area contributed by atoms with E-state index in [9.17, 15) is 53.2 Å². The lowest BCUT2D eigenvalue weighted by atomic mass is 9.83. The summed E-state index contributed by atoms with van der Waals surface area (Å²) in [4.78, 5) is 0. The van der Waals surface area contributed by atoms with Crippen molar-refractivity contribution < 1.29 is 57.4 Å². The van der Waals surface area contributed by atoms with Crippen molar-refractivity contribution in [3.05, 3.63) is 0 Å². The maximum Gasteiger partial charge on any atom is 0.460 e. The summed E-state index contributed by atoms with van der Waals surface area (Å²) in [5.41, 5.74) is 0. The molecule has 0 radical (unpaired) electrons. The van der Waals surface area contributed by atoms with Gasteiger partial charge in [0.05, 0.1) is 25.0 Å². The van der Waals surface area contributed by atoms with Crippen molar-refractivity contribution >= 4 is 9.84 Å². The van der Waals surface area contributed by atoms with Crippen LogP contribution in [0.25, 0.3) is 0 Å². The Morgan fingerprint density at radius 3 is 1.84 bits per heavy atom. The minimum absolute atomic E-state index is 0.0517. The molecule has 0 N–H and O–H groups in total. The third-order valence-electron chi connectivity index (χ3n) is 5.46. The Hall–Kier alpha value is -1.27. The lowest BCUT2D eigenvalue weighted by molar-refractivity contribution is -0.396. The Morgan fingerprint density at radius 2 is 1.42 bits per heavy atom. The van der Waals surface area contributed by atoms with E-state index in [0.717, 1.165) is 0 Å². The zero-order valence-electron chi connectivity index (χ0n) is 15.7. The third-order valence-corrected chi connectivity index (χ3v) is 7.50. The van der Waals surface area contributed by atoms with Crippen molar-refractivity contribution in [1.29, 1.82) is 5.26 Å². The number of hydrogen-bond donors (Lipinski definition) is 0. The molecule has 1 atom stereocenters. The number of hydrogen-bond acceptors (Lipinski definition) is 5. The fourth-order valence-corrected chi connectivity index (χ4v) is 5.42. The van der Waals surface area contributed by atoms with Gasteiger partial charge < -0.3 is 9.47 Å². The Balaban J connectivity index is 2.11. The molecule has 31 heavy (non-hydrogen) atoms. The molecule has 1 unspecified atom stereocenters. The number of halogens is 9. The topological polar surface area (TPSA) is 76.4 Å². The molecule has 0 aromatic carbocycles. The normalized spacial score (nSPS) is 22.5. The van der Waals surface area contributed by atoms with Crippen LogP contribution in [0.2, 0.25) is 0 Å². The maximum atomic E-state index is 13.7. The molecule has 0 amide bonds. The molecule has 1 aliphatic heterocycles. The molecule has 180 valence electrons. The zero-order valence-corrected chi connectivity index (χ0v) is 16.5. The molecule has 2 rings (SSSR count). The molecule has 2 aliphatic rings. The second-order valence-electron chi connectivity index (χ2n) is 7.46. The van der Waals surface area contributed by atoms with Gasteiger partial charge >= 0.3 is 23.9 Å². The Kier molecular flexibility index (Phi) is 6.92. The lowest BCUT2D eigenvalue weighted by Crippen LogP contribution is -2.61. The number of nitrogens with zero attached hydrogens (tertiary/aromatic N) is 1. The van der Waals surface area contributed by atoms with Crippen LogP contribution >= 0.6 is 0 Å². The standard InChI is InChI=1S/C16H18F9NO4S/c17-13(18,14(19,20)15(21,22)16(23,24)25)5-8-31(27,28)11(9-26)10-1-3-12(4-2-10)29-6-7-30-12/h10-11H,1-8H2. The minimum Gasteiger partial charge on any atom is -0.348 e. The van der Waals surface area contributed by atoms with E-state index in [0.29, 0.717) is 13.2 Å². The first-order valence-corrected chi connectivity index (χ1v) is 10.7. The highest BCUT2D eigenvalue weighted by atomic mass is 32.2. The predicted octanol–water partition coefficient (Wildman–Crippen LogP) is 4.08. The largest absolute Gasteiger partial charge is 0.460 e. The number of sulfone groups is 1. The highest BCUT2D eigenvalue weighted by molar-refractivity contribution is 7.92. The molecule has 1 heterocycles. The first kappa shape index (κ1) is 26.0. The number of rotatable bonds is 7. The van der Waals surface area contributed by atoms with E-state index in [1.54, 1.807) is 0 Å². The second kappa shape index (κ2) is 8.26. The summed E-state index contributed by atoms with van der Waals surface area (Å²) in [5, 5.41) is 7.27. The molecule has 1 aliphatic carbocycles. The molecule has 5 nitrogen and oxygen atoms in total. The second-order valence-corrected chi connectivity index (χ2v) is 9.70. The van der Waals surface area contributed by atoms with Crippen molar-refractivity contribution in [2.75, 3.05) is 19.0 Å². The summed E-state index contributed by atoms with van der Waals surface area (Å²) >= 11 is 0. The van der Waals surface area contributed by atoms with E-state index in [4.69, 9.17) is 9.47 Å². The summed E-state index contributed by atoms with van der Waals surface area (Å²) < 4.78 is 152. The van der Waals surface area contributed by atoms with Crippen LogP contribution in [0.15, 0.2) is 0 Å². The minimum atomic E-state index is -7.10. The Bertz CT molecular complexity index is 791. The van der Waals surface area contributed by atoms with Gasteiger partial charge in [0, 0.05) is 19.3 Å². The van der Waals surface area contributed by atoms with E-state index in [1.165, 1.54) is 6.07 Å². The van der Waals surface area contributed by atoms with Gasteiger partial charge in [-0.15, -0.1) is 0 Å². The highest BCUT2D eigenvalue weighted by Gasteiger charge is 2.81. The molecular weight excluding hydrogens is 473 g/mol. The molecule has 0 aromatic rings. The molecule has 1 spiro atoms. The summed E-state index contributed by atoms with van der Waals surface area (Å²) in [6.45, 7) is 0.604. The van der Waals surface area contributed by atoms with Crippen LogP contribution in [-0.2, 0) is 19.3 Å². The van der Waals surface area contributed by atoms with Crippen molar-refractivity contribution in [2.45, 2.75) is 67.1 Å². The SMILES string of the molecule is N#CC(C1CCC2(CC1)OCCO2)S(=O)(=O)CCC(F)(F)C(F)(F)C(F)(F)C(F)(F)F. The number of ether oxygens (including phenoxy) is 2. The van der Waals surface area contributed by atoms with Gasteiger partial charge in [0.15, 0.2) is 20.9 Å². The van der Waals surface area contributed by atoms with E-state index in [2.05, 4.69) is 0 Å². The third kappa shape index (κ3) is 4.75. The van der Waals surface area contributed by atoms with Crippen LogP contribution in [0.3, 0.4) is 0 Å². The van der Waals surface area contributed by atoms with E-state index < -0.39 is 62.9 Å². The molecule has 1 saturated carbocycles. The predicted molar refractivity (Wildman–Crippen MR) is 85.3 cm³/mol. The van der Waals surface area contributed by atoms with Crippen molar-refractivity contribution in [3.63, 3.8) is 0 Å². The monoisotopic (exact) mass is 491 g/mol. The van der Waals surface area contributed by atoms with E-state index in [1.807, 2.05) is 0 Å². The smallest absolute Gasteiger partial charge is 0.348 e. The quantitative estimate of drug-likeness (QED) is 0.502. The molecule has 0 bridgehead atoms. The van der Waals surface area contributed by atoms with Crippen LogP contribution in [-0.4, -0.2) is 62.4 Å². The highest BCUT2D eigenvalue weighted by Crippen LogP contribution is 2.54. The number of nitriles is 1. The molecule has 15 heteroatoms. The molecular formula is C16H18F9NO4S. The first-order chi connectivity index (χ1) is 13.9. The van der Waals surface area contributed by atoms with Crippen LogP contribution in [0.1, 0.15) is 32.1 Å². The maximum absolute atomic E-state index is 13.7. The van der Waals surface area contributed by atoms with Crippen LogP contribution in [0.5, 0.6) is 0 Å². The average molecular weight is 491 g/mol. The van der Waals surface area contributed by atoms with Gasteiger partial charge in [0.1, 0.15) is 0 Å². The summed E-state index contributed by atoms with van der Waals surface area (Å²) in [5.74, 6) is -23.7. The Morgan fingerprint density at radius 1 is 0.935 bits per heavy atom. The van der Waals surface area contributed by atoms with Gasteiger partial charge in [0.2, 0.25) is 0 Å². The summed E-state index contributed by atoms with van der Waals surface area (Å²) in [6, 6.07) is 1.39. The zero-order chi connectivity index (χ0) is 23.9. The van der Waals surface area contributed by atoms with E-state index in [-0.39, 0.29) is 25.7 Å². The average Bonchev–Trinajstić information content (AvgIpc) is 3.09. The van der Waals surface area contributed by atoms with Crippen LogP contribution in [0, 0.1) is 17.2 Å². The van der Waals surface area contributed by atoms with E-state index >= 15 is 0 Å². The summed E-state index contributed by atoms with van der Waals surface area (Å²) in [7, 11) is -4.86. The van der Waals surface area contributed by atoms with Gasteiger partial charge in [0.25, 0.3) is 0 Å².